The third kappa shape index (κ3) is 4.99. The number of aliphatic imine (C=N–C) groups is 1. The predicted octanol–water partition coefficient (Wildman–Crippen LogP) is 6.64. The zero-order chi connectivity index (χ0) is 28.7. The summed E-state index contributed by atoms with van der Waals surface area (Å²) in [6.07, 6.45) is 10.8. The fourth-order valence-electron chi connectivity index (χ4n) is 5.23. The highest BCUT2D eigenvalue weighted by Crippen LogP contribution is 2.61. The lowest BCUT2D eigenvalue weighted by molar-refractivity contribution is 0.591. The van der Waals surface area contributed by atoms with Crippen LogP contribution in [0.15, 0.2) is 87.9 Å². The third-order valence-corrected chi connectivity index (χ3v) is 8.62. The number of imidazole rings is 1. The van der Waals surface area contributed by atoms with Crippen molar-refractivity contribution in [2.24, 2.45) is 10.9 Å². The lowest BCUT2D eigenvalue weighted by Gasteiger charge is -2.12. The molecule has 0 bridgehead atoms. The largest absolute Gasteiger partial charge is 0.306 e. The summed E-state index contributed by atoms with van der Waals surface area (Å²) in [7, 11) is -1.63. The van der Waals surface area contributed by atoms with Gasteiger partial charge in [0.05, 0.1) is 39.9 Å². The van der Waals surface area contributed by atoms with Gasteiger partial charge in [0.1, 0.15) is 16.6 Å². The van der Waals surface area contributed by atoms with Gasteiger partial charge in [0.2, 0.25) is 0 Å². The zero-order valence-electron chi connectivity index (χ0n) is 22.3. The molecule has 6 nitrogen and oxygen atoms in total. The van der Waals surface area contributed by atoms with Crippen LogP contribution in [0.2, 0.25) is 5.02 Å². The maximum atomic E-state index is 15.7. The minimum Gasteiger partial charge on any atom is -0.306 e. The Balaban J connectivity index is 1.53. The van der Waals surface area contributed by atoms with E-state index in [4.69, 9.17) is 11.6 Å². The summed E-state index contributed by atoms with van der Waals surface area (Å²) >= 11 is 6.61. The second-order valence-electron chi connectivity index (χ2n) is 9.84. The van der Waals surface area contributed by atoms with Crippen molar-refractivity contribution in [2.45, 2.75) is 37.5 Å². The molecule has 3 heterocycles. The van der Waals surface area contributed by atoms with Crippen molar-refractivity contribution in [1.29, 1.82) is 0 Å². The first-order valence-electron chi connectivity index (χ1n) is 12.7. The molecule has 1 aliphatic rings. The number of fused-ring (bicyclic) bond motifs is 1. The molecule has 1 aliphatic carbocycles. The minimum atomic E-state index is -1.63. The van der Waals surface area contributed by atoms with Crippen molar-refractivity contribution < 1.29 is 13.0 Å². The van der Waals surface area contributed by atoms with Crippen LogP contribution in [0.25, 0.3) is 11.7 Å². The molecule has 4 atom stereocenters. The molecule has 0 aliphatic heterocycles. The molecule has 0 saturated heterocycles. The average Bonchev–Trinajstić information content (AvgIpc) is 3.35. The number of aryl methyl sites for hydroxylation is 1. The molecule has 4 aromatic rings. The van der Waals surface area contributed by atoms with Gasteiger partial charge in [0.15, 0.2) is 5.83 Å². The van der Waals surface area contributed by atoms with Crippen molar-refractivity contribution >= 4 is 39.8 Å². The number of pyridine rings is 2. The highest BCUT2D eigenvalue weighted by molar-refractivity contribution is 7.84. The predicted molar refractivity (Wildman–Crippen MR) is 156 cm³/mol. The fraction of sp³-hybridized carbons (Fsp3) is 0.233. The maximum Gasteiger partial charge on any atom is 0.273 e. The molecule has 5 rings (SSSR count). The Morgan fingerprint density at radius 2 is 2.00 bits per heavy atom. The molecule has 40 heavy (non-hydrogen) atoms. The summed E-state index contributed by atoms with van der Waals surface area (Å²) in [5.41, 5.74) is 2.21. The lowest BCUT2D eigenvalue weighted by Crippen LogP contribution is -2.21. The van der Waals surface area contributed by atoms with E-state index >= 15 is 8.78 Å². The Kier molecular flexibility index (Phi) is 7.70. The Hall–Kier alpha value is -3.69. The molecule has 0 radical (unpaired) electrons. The van der Waals surface area contributed by atoms with Gasteiger partial charge in [-0.25, -0.2) is 13.8 Å². The highest BCUT2D eigenvalue weighted by atomic mass is 35.5. The normalized spacial score (nSPS) is 20.4. The van der Waals surface area contributed by atoms with Crippen LogP contribution >= 0.6 is 11.6 Å². The molecular formula is C30H27ClF2N4O2S. The maximum absolute atomic E-state index is 15.7. The number of hydrogen-bond acceptors (Lipinski definition) is 4. The third-order valence-electron chi connectivity index (χ3n) is 7.31. The van der Waals surface area contributed by atoms with Crippen molar-refractivity contribution in [3.05, 3.63) is 117 Å². The van der Waals surface area contributed by atoms with Gasteiger partial charge in [-0.2, -0.15) is 0 Å². The smallest absolute Gasteiger partial charge is 0.273 e. The summed E-state index contributed by atoms with van der Waals surface area (Å²) in [5.74, 6) is -1.34. The highest BCUT2D eigenvalue weighted by Gasteiger charge is 2.50. The average molecular weight is 581 g/mol. The molecular weight excluding hydrogens is 554 g/mol. The second-order valence-corrected chi connectivity index (χ2v) is 11.6. The van der Waals surface area contributed by atoms with Gasteiger partial charge in [-0.3, -0.25) is 18.6 Å². The van der Waals surface area contributed by atoms with Crippen LogP contribution in [0.3, 0.4) is 0 Å². The Bertz CT molecular complexity index is 1810. The van der Waals surface area contributed by atoms with Crippen LogP contribution in [0, 0.1) is 18.7 Å². The van der Waals surface area contributed by atoms with E-state index in [1.807, 2.05) is 16.7 Å². The van der Waals surface area contributed by atoms with Gasteiger partial charge >= 0.3 is 0 Å². The summed E-state index contributed by atoms with van der Waals surface area (Å²) in [6.45, 7) is 5.48. The van der Waals surface area contributed by atoms with E-state index in [1.165, 1.54) is 30.7 Å². The SMILES string of the molecule is C/C=C/N=C(/C(F)=C/n1c(C)cc(C2C(c3ccc4cncn4c3)[C@H]2C)c(Cl)c1=O)c1cccc(S(C)=O)c1F. The van der Waals surface area contributed by atoms with Gasteiger partial charge < -0.3 is 4.40 Å². The van der Waals surface area contributed by atoms with Gasteiger partial charge in [-0.1, -0.05) is 36.7 Å². The molecule has 0 amide bonds. The number of nitrogens with zero attached hydrogens (tertiary/aromatic N) is 4. The number of allylic oxidation sites excluding steroid dienone is 2. The molecule has 1 saturated carbocycles. The topological polar surface area (TPSA) is 68.7 Å². The Morgan fingerprint density at radius 3 is 2.73 bits per heavy atom. The first-order valence-corrected chi connectivity index (χ1v) is 14.6. The quantitative estimate of drug-likeness (QED) is 0.230. The first kappa shape index (κ1) is 27.9. The molecule has 0 spiro atoms. The van der Waals surface area contributed by atoms with E-state index in [-0.39, 0.29) is 38.9 Å². The van der Waals surface area contributed by atoms with E-state index in [9.17, 15) is 9.00 Å². The van der Waals surface area contributed by atoms with Crippen LogP contribution in [-0.2, 0) is 10.8 Å². The van der Waals surface area contributed by atoms with Crippen molar-refractivity contribution in [1.82, 2.24) is 14.0 Å². The second kappa shape index (κ2) is 11.1. The molecule has 1 fully saturated rings. The van der Waals surface area contributed by atoms with E-state index in [0.29, 0.717) is 11.3 Å². The summed E-state index contributed by atoms with van der Waals surface area (Å²) in [4.78, 5) is 21.6. The van der Waals surface area contributed by atoms with E-state index in [1.54, 1.807) is 38.5 Å². The number of halogens is 3. The van der Waals surface area contributed by atoms with Crippen LogP contribution in [0.1, 0.15) is 48.1 Å². The Labute approximate surface area is 237 Å². The van der Waals surface area contributed by atoms with E-state index < -0.39 is 28.0 Å². The summed E-state index contributed by atoms with van der Waals surface area (Å²) in [6, 6.07) is 10.1. The molecule has 3 aromatic heterocycles. The van der Waals surface area contributed by atoms with Crippen molar-refractivity contribution in [2.75, 3.05) is 6.26 Å². The van der Waals surface area contributed by atoms with E-state index in [0.717, 1.165) is 21.8 Å². The number of aromatic nitrogens is 3. The van der Waals surface area contributed by atoms with Crippen LogP contribution in [0.4, 0.5) is 8.78 Å². The van der Waals surface area contributed by atoms with Gasteiger partial charge in [0, 0.05) is 29.9 Å². The number of hydrogen-bond donors (Lipinski definition) is 0. The Morgan fingerprint density at radius 1 is 1.23 bits per heavy atom. The van der Waals surface area contributed by atoms with Crippen LogP contribution in [0.5, 0.6) is 0 Å². The number of rotatable bonds is 7. The molecule has 10 heteroatoms. The van der Waals surface area contributed by atoms with Gasteiger partial charge in [-0.15, -0.1) is 0 Å². The standard InChI is InChI=1S/C30H27ClF2N4O2S/c1-5-11-35-29(21-7-6-8-24(28(21)33)40(4)39)23(32)15-37-17(2)12-22(27(31)30(37)38)26-18(3)25(26)19-9-10-20-13-34-16-36(20)14-19/h5-16,18,25-26H,1-4H3/b11-5+,23-15-,35-29+/t18-,25?,26?,40?/m1/s1. The molecule has 1 aromatic carbocycles. The zero-order valence-corrected chi connectivity index (χ0v) is 23.9. The number of benzene rings is 1. The fourth-order valence-corrected chi connectivity index (χ4v) is 6.14. The van der Waals surface area contributed by atoms with Crippen molar-refractivity contribution in [3.63, 3.8) is 0 Å². The molecule has 3 unspecified atom stereocenters. The summed E-state index contributed by atoms with van der Waals surface area (Å²) in [5, 5.41) is 0.0132. The van der Waals surface area contributed by atoms with Crippen LogP contribution < -0.4 is 5.56 Å². The minimum absolute atomic E-state index is 0.0132. The molecule has 0 N–H and O–H groups in total. The lowest BCUT2D eigenvalue weighted by atomic mass is 10.1. The van der Waals surface area contributed by atoms with Gasteiger partial charge in [-0.05, 0) is 67.0 Å². The van der Waals surface area contributed by atoms with Gasteiger partial charge in [0.25, 0.3) is 5.56 Å². The van der Waals surface area contributed by atoms with Crippen LogP contribution in [-0.4, -0.2) is 30.1 Å². The van der Waals surface area contributed by atoms with Crippen molar-refractivity contribution in [3.8, 4) is 0 Å². The first-order chi connectivity index (χ1) is 19.1. The van der Waals surface area contributed by atoms with E-state index in [2.05, 4.69) is 23.0 Å². The summed E-state index contributed by atoms with van der Waals surface area (Å²) < 4.78 is 45.9. The monoisotopic (exact) mass is 580 g/mol. The molecule has 206 valence electrons.